The van der Waals surface area contributed by atoms with Crippen molar-refractivity contribution in [1.29, 1.82) is 0 Å². The topological polar surface area (TPSA) is 92.8 Å². The highest BCUT2D eigenvalue weighted by molar-refractivity contribution is 7.89. The van der Waals surface area contributed by atoms with Crippen molar-refractivity contribution in [1.82, 2.24) is 4.31 Å². The van der Waals surface area contributed by atoms with E-state index < -0.39 is 21.9 Å². The first-order chi connectivity index (χ1) is 14.8. The van der Waals surface area contributed by atoms with Crippen LogP contribution in [0.5, 0.6) is 0 Å². The molecule has 1 aliphatic carbocycles. The van der Waals surface area contributed by atoms with Gasteiger partial charge in [-0.3, -0.25) is 4.79 Å². The number of ether oxygens (including phenoxy) is 1. The monoisotopic (exact) mass is 462 g/mol. The fraction of sp³-hybridized carbons (Fsp3) is 0.455. The summed E-state index contributed by atoms with van der Waals surface area (Å²) in [6.45, 7) is 2.77. The molecule has 1 aromatic carbocycles. The Bertz CT molecular complexity index is 1130. The summed E-state index contributed by atoms with van der Waals surface area (Å²) < 4.78 is 32.3. The molecule has 0 unspecified atom stereocenters. The SMILES string of the molecule is COC(=O)c1c(NC(=O)c2cc(S(=O)(=O)N3CCCC3)ccc2C)sc2c1CCCC2. The molecule has 0 spiro atoms. The van der Waals surface area contributed by atoms with E-state index in [0.717, 1.165) is 49.0 Å². The van der Waals surface area contributed by atoms with Gasteiger partial charge >= 0.3 is 5.97 Å². The van der Waals surface area contributed by atoms with Gasteiger partial charge in [0.25, 0.3) is 5.91 Å². The minimum absolute atomic E-state index is 0.115. The lowest BCUT2D eigenvalue weighted by molar-refractivity contribution is 0.0601. The van der Waals surface area contributed by atoms with E-state index >= 15 is 0 Å². The van der Waals surface area contributed by atoms with Gasteiger partial charge in [-0.05, 0) is 68.7 Å². The number of nitrogens with zero attached hydrogens (tertiary/aromatic N) is 1. The van der Waals surface area contributed by atoms with Gasteiger partial charge in [-0.15, -0.1) is 11.3 Å². The molecular weight excluding hydrogens is 436 g/mol. The number of esters is 1. The Morgan fingerprint density at radius 3 is 2.52 bits per heavy atom. The normalized spacial score (nSPS) is 16.7. The average Bonchev–Trinajstić information content (AvgIpc) is 3.41. The molecule has 7 nitrogen and oxygen atoms in total. The Labute approximate surface area is 186 Å². The highest BCUT2D eigenvalue weighted by Gasteiger charge is 2.30. The summed E-state index contributed by atoms with van der Waals surface area (Å²) in [6.07, 6.45) is 5.40. The minimum Gasteiger partial charge on any atom is -0.465 e. The molecule has 166 valence electrons. The lowest BCUT2D eigenvalue weighted by atomic mass is 9.95. The van der Waals surface area contributed by atoms with Crippen LogP contribution < -0.4 is 5.32 Å². The number of rotatable bonds is 5. The number of carbonyl (C=O) groups is 2. The lowest BCUT2D eigenvalue weighted by Gasteiger charge is -2.17. The van der Waals surface area contributed by atoms with Crippen LogP contribution >= 0.6 is 11.3 Å². The molecule has 1 aliphatic heterocycles. The fourth-order valence-electron chi connectivity index (χ4n) is 4.23. The van der Waals surface area contributed by atoms with Crippen molar-refractivity contribution in [3.63, 3.8) is 0 Å². The maximum absolute atomic E-state index is 13.1. The van der Waals surface area contributed by atoms with E-state index in [4.69, 9.17) is 4.74 Å². The Balaban J connectivity index is 1.67. The molecule has 0 atom stereocenters. The second-order valence-electron chi connectivity index (χ2n) is 7.95. The minimum atomic E-state index is -3.63. The molecule has 0 saturated carbocycles. The van der Waals surface area contributed by atoms with Crippen LogP contribution in [0, 0.1) is 6.92 Å². The first kappa shape index (κ1) is 22.0. The number of carbonyl (C=O) groups excluding carboxylic acids is 2. The zero-order valence-electron chi connectivity index (χ0n) is 17.7. The molecule has 2 aliphatic rings. The highest BCUT2D eigenvalue weighted by atomic mass is 32.2. The van der Waals surface area contributed by atoms with Gasteiger partial charge in [0.2, 0.25) is 10.0 Å². The van der Waals surface area contributed by atoms with E-state index in [2.05, 4.69) is 5.32 Å². The molecule has 31 heavy (non-hydrogen) atoms. The number of amides is 1. The molecule has 0 bridgehead atoms. The van der Waals surface area contributed by atoms with Gasteiger partial charge in [0.1, 0.15) is 5.00 Å². The number of aryl methyl sites for hydroxylation is 2. The zero-order valence-corrected chi connectivity index (χ0v) is 19.3. The van der Waals surface area contributed by atoms with Crippen molar-refractivity contribution in [2.75, 3.05) is 25.5 Å². The number of benzene rings is 1. The second-order valence-corrected chi connectivity index (χ2v) is 11.0. The predicted octanol–water partition coefficient (Wildman–Crippen LogP) is 3.76. The number of methoxy groups -OCH3 is 1. The molecular formula is C22H26N2O5S2. The first-order valence-electron chi connectivity index (χ1n) is 10.5. The third-order valence-electron chi connectivity index (χ3n) is 5.94. The van der Waals surface area contributed by atoms with Crippen LogP contribution in [0.25, 0.3) is 0 Å². The number of sulfonamides is 1. The van der Waals surface area contributed by atoms with E-state index in [1.165, 1.54) is 28.8 Å². The molecule has 2 aromatic rings. The Morgan fingerprint density at radius 2 is 1.81 bits per heavy atom. The first-order valence-corrected chi connectivity index (χ1v) is 12.7. The summed E-state index contributed by atoms with van der Waals surface area (Å²) in [4.78, 5) is 26.8. The molecule has 1 aromatic heterocycles. The largest absolute Gasteiger partial charge is 0.465 e. The third-order valence-corrected chi connectivity index (χ3v) is 9.05. The second kappa shape index (κ2) is 8.72. The molecule has 1 fully saturated rings. The quantitative estimate of drug-likeness (QED) is 0.683. The average molecular weight is 463 g/mol. The Hall–Kier alpha value is -2.23. The molecule has 4 rings (SSSR count). The van der Waals surface area contributed by atoms with Crippen LogP contribution in [0.15, 0.2) is 23.1 Å². The van der Waals surface area contributed by atoms with Gasteiger partial charge in [0.15, 0.2) is 0 Å². The van der Waals surface area contributed by atoms with E-state index in [1.54, 1.807) is 19.1 Å². The van der Waals surface area contributed by atoms with Crippen molar-refractivity contribution < 1.29 is 22.7 Å². The van der Waals surface area contributed by atoms with Gasteiger partial charge in [0, 0.05) is 23.5 Å². The molecule has 1 saturated heterocycles. The fourth-order valence-corrected chi connectivity index (χ4v) is 7.04. The number of nitrogens with one attached hydrogen (secondary N) is 1. The van der Waals surface area contributed by atoms with E-state index in [0.29, 0.717) is 29.2 Å². The number of anilines is 1. The van der Waals surface area contributed by atoms with Crippen LogP contribution in [0.3, 0.4) is 0 Å². The van der Waals surface area contributed by atoms with Gasteiger partial charge < -0.3 is 10.1 Å². The standard InChI is InChI=1S/C22H26N2O5S2/c1-14-9-10-15(31(27,28)24-11-5-6-12-24)13-17(14)20(25)23-21-19(22(26)29-2)16-7-3-4-8-18(16)30-21/h9-10,13H,3-8,11-12H2,1-2H3,(H,23,25). The van der Waals surface area contributed by atoms with Gasteiger partial charge in [0.05, 0.1) is 17.6 Å². The van der Waals surface area contributed by atoms with Crippen LogP contribution in [0.4, 0.5) is 5.00 Å². The third kappa shape index (κ3) is 4.14. The summed E-state index contributed by atoms with van der Waals surface area (Å²) in [5.41, 5.74) is 2.33. The smallest absolute Gasteiger partial charge is 0.341 e. The van der Waals surface area contributed by atoms with Gasteiger partial charge in [-0.1, -0.05) is 6.07 Å². The van der Waals surface area contributed by atoms with Crippen molar-refractivity contribution >= 4 is 38.2 Å². The molecule has 1 amide bonds. The van der Waals surface area contributed by atoms with Gasteiger partial charge in [-0.25, -0.2) is 13.2 Å². The van der Waals surface area contributed by atoms with Crippen molar-refractivity contribution in [3.8, 4) is 0 Å². The predicted molar refractivity (Wildman–Crippen MR) is 119 cm³/mol. The molecule has 2 heterocycles. The molecule has 9 heteroatoms. The van der Waals surface area contributed by atoms with Crippen LogP contribution in [0.1, 0.15) is 62.4 Å². The maximum atomic E-state index is 13.1. The molecule has 1 N–H and O–H groups in total. The maximum Gasteiger partial charge on any atom is 0.341 e. The summed E-state index contributed by atoms with van der Waals surface area (Å²) >= 11 is 1.41. The Morgan fingerprint density at radius 1 is 1.10 bits per heavy atom. The van der Waals surface area contributed by atoms with E-state index in [-0.39, 0.29) is 10.5 Å². The van der Waals surface area contributed by atoms with Crippen molar-refractivity contribution in [2.45, 2.75) is 50.3 Å². The van der Waals surface area contributed by atoms with E-state index in [1.807, 2.05) is 0 Å². The summed E-state index contributed by atoms with van der Waals surface area (Å²) in [7, 11) is -2.30. The zero-order chi connectivity index (χ0) is 22.2. The van der Waals surface area contributed by atoms with E-state index in [9.17, 15) is 18.0 Å². The number of fused-ring (bicyclic) bond motifs is 1. The Kier molecular flexibility index (Phi) is 6.18. The van der Waals surface area contributed by atoms with Crippen LogP contribution in [0.2, 0.25) is 0 Å². The van der Waals surface area contributed by atoms with Gasteiger partial charge in [-0.2, -0.15) is 4.31 Å². The number of hydrogen-bond acceptors (Lipinski definition) is 6. The lowest BCUT2D eigenvalue weighted by Crippen LogP contribution is -2.28. The van der Waals surface area contributed by atoms with Crippen molar-refractivity contribution in [2.24, 2.45) is 0 Å². The number of thiophene rings is 1. The number of hydrogen-bond donors (Lipinski definition) is 1. The van der Waals surface area contributed by atoms with Crippen LogP contribution in [-0.2, 0) is 27.6 Å². The molecule has 0 radical (unpaired) electrons. The highest BCUT2D eigenvalue weighted by Crippen LogP contribution is 2.39. The summed E-state index contributed by atoms with van der Waals surface area (Å²) in [5.74, 6) is -0.892. The van der Waals surface area contributed by atoms with Crippen molar-refractivity contribution in [3.05, 3.63) is 45.3 Å². The van der Waals surface area contributed by atoms with Crippen LogP contribution in [-0.4, -0.2) is 44.8 Å². The summed E-state index contributed by atoms with van der Waals surface area (Å²) in [5, 5.41) is 3.33. The summed E-state index contributed by atoms with van der Waals surface area (Å²) in [6, 6.07) is 4.63.